The predicted molar refractivity (Wildman–Crippen MR) is 122 cm³/mol. The number of ether oxygens (including phenoxy) is 1. The second-order valence-corrected chi connectivity index (χ2v) is 9.83. The Bertz CT molecular complexity index is 796. The molecule has 0 amide bonds. The number of carbonyl (C=O) groups excluding carboxylic acids is 1. The van der Waals surface area contributed by atoms with E-state index >= 15 is 0 Å². The number of unbranched alkanes of at least 4 members (excludes halogenated alkanes) is 3. The Kier molecular flexibility index (Phi) is 8.26. The van der Waals surface area contributed by atoms with E-state index in [1.165, 1.54) is 21.0 Å². The lowest BCUT2D eigenvalue weighted by Gasteiger charge is -2.19. The Morgan fingerprint density at radius 3 is 2.89 bits per heavy atom. The van der Waals surface area contributed by atoms with Gasteiger partial charge in [-0.3, -0.25) is 4.79 Å². The first-order chi connectivity index (χ1) is 13.6. The van der Waals surface area contributed by atoms with Crippen molar-refractivity contribution < 1.29 is 9.53 Å². The van der Waals surface area contributed by atoms with Crippen LogP contribution in [0.25, 0.3) is 0 Å². The number of esters is 1. The molecule has 1 aromatic carbocycles. The van der Waals surface area contributed by atoms with Gasteiger partial charge in [-0.05, 0) is 67.4 Å². The SMILES string of the molecule is CCOC(=O)CCCCCCNC1c2ccc(Br)cc2SN(C)c2ccsc21. The van der Waals surface area contributed by atoms with Gasteiger partial charge in [-0.1, -0.05) is 34.8 Å². The van der Waals surface area contributed by atoms with E-state index < -0.39 is 0 Å². The van der Waals surface area contributed by atoms with Crippen LogP contribution in [0.15, 0.2) is 39.0 Å². The summed E-state index contributed by atoms with van der Waals surface area (Å²) in [4.78, 5) is 14.0. The van der Waals surface area contributed by atoms with Crippen molar-refractivity contribution in [1.29, 1.82) is 0 Å². The lowest BCUT2D eigenvalue weighted by Crippen LogP contribution is -2.23. The molecule has 1 aromatic heterocycles. The second kappa shape index (κ2) is 10.7. The third-order valence-corrected chi connectivity index (χ3v) is 7.24. The van der Waals surface area contributed by atoms with Crippen molar-refractivity contribution in [3.8, 4) is 0 Å². The number of hydrogen-bond acceptors (Lipinski definition) is 6. The highest BCUT2D eigenvalue weighted by Gasteiger charge is 2.27. The van der Waals surface area contributed by atoms with Crippen LogP contribution < -0.4 is 9.62 Å². The molecular weight excluding hydrogens is 456 g/mol. The van der Waals surface area contributed by atoms with Crippen molar-refractivity contribution in [3.63, 3.8) is 0 Å². The molecule has 1 unspecified atom stereocenters. The number of rotatable bonds is 9. The number of carbonyl (C=O) groups is 1. The minimum absolute atomic E-state index is 0.0753. The Labute approximate surface area is 184 Å². The summed E-state index contributed by atoms with van der Waals surface area (Å²) in [7, 11) is 2.13. The van der Waals surface area contributed by atoms with E-state index in [1.54, 1.807) is 11.9 Å². The molecule has 2 heterocycles. The highest BCUT2D eigenvalue weighted by molar-refractivity contribution is 9.10. The largest absolute Gasteiger partial charge is 0.466 e. The van der Waals surface area contributed by atoms with Gasteiger partial charge in [0.15, 0.2) is 0 Å². The molecule has 3 rings (SSSR count). The smallest absolute Gasteiger partial charge is 0.305 e. The molecule has 28 heavy (non-hydrogen) atoms. The minimum Gasteiger partial charge on any atom is -0.466 e. The summed E-state index contributed by atoms with van der Waals surface area (Å²) < 4.78 is 8.34. The maximum Gasteiger partial charge on any atom is 0.305 e. The molecule has 4 nitrogen and oxygen atoms in total. The first-order valence-electron chi connectivity index (χ1n) is 9.77. The number of nitrogens with one attached hydrogen (secondary N) is 1. The molecule has 0 bridgehead atoms. The molecule has 0 saturated heterocycles. The normalized spacial score (nSPS) is 15.7. The van der Waals surface area contributed by atoms with Crippen LogP contribution in [-0.4, -0.2) is 26.2 Å². The van der Waals surface area contributed by atoms with E-state index in [-0.39, 0.29) is 12.0 Å². The first-order valence-corrected chi connectivity index (χ1v) is 12.2. The van der Waals surface area contributed by atoms with Gasteiger partial charge >= 0.3 is 5.97 Å². The summed E-state index contributed by atoms with van der Waals surface area (Å²) in [6, 6.07) is 8.98. The van der Waals surface area contributed by atoms with Gasteiger partial charge < -0.3 is 14.4 Å². The molecule has 0 fully saturated rings. The van der Waals surface area contributed by atoms with Crippen LogP contribution >= 0.6 is 39.2 Å². The van der Waals surface area contributed by atoms with Crippen LogP contribution in [-0.2, 0) is 9.53 Å². The fraction of sp³-hybridized carbons (Fsp3) is 0.476. The number of nitrogens with zero attached hydrogens (tertiary/aromatic N) is 1. The highest BCUT2D eigenvalue weighted by Crippen LogP contribution is 2.46. The number of hydrogen-bond donors (Lipinski definition) is 1. The quantitative estimate of drug-likeness (QED) is 0.263. The Balaban J connectivity index is 1.57. The molecule has 0 saturated carbocycles. The average Bonchev–Trinajstić information content (AvgIpc) is 3.11. The average molecular weight is 483 g/mol. The number of fused-ring (bicyclic) bond motifs is 2. The summed E-state index contributed by atoms with van der Waals surface area (Å²) in [5.74, 6) is -0.0753. The third kappa shape index (κ3) is 5.53. The van der Waals surface area contributed by atoms with Gasteiger partial charge in [-0.15, -0.1) is 11.3 Å². The molecule has 152 valence electrons. The van der Waals surface area contributed by atoms with Crippen molar-refractivity contribution in [2.45, 2.75) is 50.0 Å². The molecule has 0 spiro atoms. The molecule has 7 heteroatoms. The topological polar surface area (TPSA) is 41.6 Å². The van der Waals surface area contributed by atoms with E-state index in [9.17, 15) is 4.79 Å². The van der Waals surface area contributed by atoms with Crippen molar-refractivity contribution >= 4 is 50.9 Å². The predicted octanol–water partition coefficient (Wildman–Crippen LogP) is 6.16. The van der Waals surface area contributed by atoms with Gasteiger partial charge in [0.2, 0.25) is 0 Å². The minimum atomic E-state index is -0.0753. The van der Waals surface area contributed by atoms with Crippen molar-refractivity contribution in [3.05, 3.63) is 44.6 Å². The van der Waals surface area contributed by atoms with Crippen LogP contribution in [0.4, 0.5) is 5.69 Å². The van der Waals surface area contributed by atoms with Crippen molar-refractivity contribution in [1.82, 2.24) is 5.32 Å². The van der Waals surface area contributed by atoms with E-state index in [0.717, 1.165) is 36.7 Å². The summed E-state index contributed by atoms with van der Waals surface area (Å²) >= 11 is 7.21. The summed E-state index contributed by atoms with van der Waals surface area (Å²) in [5, 5.41) is 5.96. The molecule has 1 atom stereocenters. The van der Waals surface area contributed by atoms with E-state index in [1.807, 2.05) is 18.3 Å². The van der Waals surface area contributed by atoms with Crippen LogP contribution in [0.5, 0.6) is 0 Å². The molecule has 1 N–H and O–H groups in total. The summed E-state index contributed by atoms with van der Waals surface area (Å²) in [5.41, 5.74) is 2.62. The zero-order valence-corrected chi connectivity index (χ0v) is 19.6. The fourth-order valence-corrected chi connectivity index (χ4v) is 5.99. The van der Waals surface area contributed by atoms with E-state index in [2.05, 4.69) is 62.2 Å². The monoisotopic (exact) mass is 482 g/mol. The molecular formula is C21H27BrN2O2S2. The van der Waals surface area contributed by atoms with Gasteiger partial charge in [0.25, 0.3) is 0 Å². The molecule has 1 aliphatic heterocycles. The number of anilines is 1. The van der Waals surface area contributed by atoms with Crippen LogP contribution in [0, 0.1) is 0 Å². The maximum atomic E-state index is 11.4. The van der Waals surface area contributed by atoms with Crippen molar-refractivity contribution in [2.75, 3.05) is 24.5 Å². The molecule has 1 aliphatic rings. The van der Waals surface area contributed by atoms with Gasteiger partial charge in [0.1, 0.15) is 0 Å². The maximum absolute atomic E-state index is 11.4. The molecule has 0 aliphatic carbocycles. The number of benzene rings is 1. The van der Waals surface area contributed by atoms with Crippen LogP contribution in [0.2, 0.25) is 0 Å². The standard InChI is InChI=1S/C21H27BrN2O2S2/c1-3-26-19(25)8-6-4-5-7-12-23-20-16-10-9-15(22)14-18(16)28-24(2)17-11-13-27-21(17)20/h9-11,13-14,20,23H,3-8,12H2,1-2H3. The zero-order valence-electron chi connectivity index (χ0n) is 16.4. The van der Waals surface area contributed by atoms with Crippen LogP contribution in [0.3, 0.4) is 0 Å². The molecule has 0 radical (unpaired) electrons. The lowest BCUT2D eigenvalue weighted by molar-refractivity contribution is -0.143. The first kappa shape index (κ1) is 21.7. The Morgan fingerprint density at radius 1 is 1.25 bits per heavy atom. The van der Waals surface area contributed by atoms with Crippen LogP contribution in [0.1, 0.15) is 55.5 Å². The summed E-state index contributed by atoms with van der Waals surface area (Å²) in [6.07, 6.45) is 4.74. The lowest BCUT2D eigenvalue weighted by atomic mass is 10.0. The second-order valence-electron chi connectivity index (χ2n) is 6.80. The third-order valence-electron chi connectivity index (χ3n) is 4.76. The summed E-state index contributed by atoms with van der Waals surface area (Å²) in [6.45, 7) is 3.29. The number of halogens is 1. The van der Waals surface area contributed by atoms with E-state index in [0.29, 0.717) is 13.0 Å². The van der Waals surface area contributed by atoms with Gasteiger partial charge in [-0.25, -0.2) is 0 Å². The van der Waals surface area contributed by atoms with Gasteiger partial charge in [0, 0.05) is 22.8 Å². The fourth-order valence-electron chi connectivity index (χ4n) is 3.38. The Morgan fingerprint density at radius 2 is 2.07 bits per heavy atom. The van der Waals surface area contributed by atoms with E-state index in [4.69, 9.17) is 4.74 Å². The molecule has 2 aromatic rings. The zero-order chi connectivity index (χ0) is 19.9. The Hall–Kier alpha value is -1.02. The van der Waals surface area contributed by atoms with Gasteiger partial charge in [-0.2, -0.15) is 0 Å². The van der Waals surface area contributed by atoms with Gasteiger partial charge in [0.05, 0.1) is 23.2 Å². The number of thiophene rings is 1. The van der Waals surface area contributed by atoms with Crippen molar-refractivity contribution in [2.24, 2.45) is 0 Å². The highest BCUT2D eigenvalue weighted by atomic mass is 79.9.